The highest BCUT2D eigenvalue weighted by atomic mass is 16.5. The Bertz CT molecular complexity index is 699. The van der Waals surface area contributed by atoms with E-state index < -0.39 is 0 Å². The van der Waals surface area contributed by atoms with E-state index in [1.54, 1.807) is 0 Å². The first-order valence-electron chi connectivity index (χ1n) is 9.59. The number of benzene rings is 1. The first kappa shape index (κ1) is 17.3. The average molecular weight is 358 g/mol. The monoisotopic (exact) mass is 358 g/mol. The summed E-state index contributed by atoms with van der Waals surface area (Å²) in [6.45, 7) is 1.97. The Morgan fingerprint density at radius 1 is 1.27 bits per heavy atom. The predicted molar refractivity (Wildman–Crippen MR) is 95.4 cm³/mol. The second-order valence-corrected chi connectivity index (χ2v) is 7.59. The number of aliphatic hydroxyl groups is 1. The van der Waals surface area contributed by atoms with E-state index in [9.17, 15) is 14.7 Å². The number of amides is 2. The molecule has 1 aliphatic carbocycles. The summed E-state index contributed by atoms with van der Waals surface area (Å²) in [5, 5.41) is 9.35. The summed E-state index contributed by atoms with van der Waals surface area (Å²) in [6, 6.07) is 5.92. The first-order valence-corrected chi connectivity index (χ1v) is 9.59. The van der Waals surface area contributed by atoms with Crippen LogP contribution in [0.3, 0.4) is 0 Å². The van der Waals surface area contributed by atoms with Crippen LogP contribution < -0.4 is 4.74 Å². The van der Waals surface area contributed by atoms with Gasteiger partial charge in [0.15, 0.2) is 0 Å². The molecule has 6 nitrogen and oxygen atoms in total. The fourth-order valence-electron chi connectivity index (χ4n) is 4.46. The van der Waals surface area contributed by atoms with Crippen molar-refractivity contribution in [1.82, 2.24) is 9.80 Å². The summed E-state index contributed by atoms with van der Waals surface area (Å²) < 4.78 is 5.76. The lowest BCUT2D eigenvalue weighted by atomic mass is 10.1. The summed E-state index contributed by atoms with van der Waals surface area (Å²) in [5.41, 5.74) is 1.73. The lowest BCUT2D eigenvalue weighted by Crippen LogP contribution is -2.39. The number of carbonyl (C=O) groups is 2. The molecule has 4 rings (SSSR count). The maximum Gasteiger partial charge on any atom is 0.228 e. The van der Waals surface area contributed by atoms with Gasteiger partial charge in [-0.3, -0.25) is 9.59 Å². The minimum atomic E-state index is -0.245. The Morgan fingerprint density at radius 2 is 2.08 bits per heavy atom. The predicted octanol–water partition coefficient (Wildman–Crippen LogP) is 1.69. The SMILES string of the molecule is O=C([C@@H]1CC(=O)N(C2CCCC2)C1)N1CCOc2ccc(CO)cc2C1. The number of carbonyl (C=O) groups excluding carboxylic acids is 2. The minimum Gasteiger partial charge on any atom is -0.491 e. The molecular formula is C20H26N2O4. The molecule has 140 valence electrons. The van der Waals surface area contributed by atoms with Crippen molar-refractivity contribution in [3.05, 3.63) is 29.3 Å². The molecule has 0 radical (unpaired) electrons. The van der Waals surface area contributed by atoms with Crippen molar-refractivity contribution >= 4 is 11.8 Å². The second-order valence-electron chi connectivity index (χ2n) is 7.59. The van der Waals surface area contributed by atoms with Crippen LogP contribution in [0.5, 0.6) is 5.75 Å². The summed E-state index contributed by atoms with van der Waals surface area (Å²) in [4.78, 5) is 29.2. The van der Waals surface area contributed by atoms with Crippen LogP contribution in [0.2, 0.25) is 0 Å². The number of hydrogen-bond donors (Lipinski definition) is 1. The van der Waals surface area contributed by atoms with Gasteiger partial charge in [0, 0.05) is 31.1 Å². The Hall–Kier alpha value is -2.08. The second kappa shape index (κ2) is 7.27. The van der Waals surface area contributed by atoms with Crippen LogP contribution in [-0.2, 0) is 22.7 Å². The molecule has 0 spiro atoms. The van der Waals surface area contributed by atoms with Gasteiger partial charge in [0.1, 0.15) is 12.4 Å². The van der Waals surface area contributed by atoms with E-state index in [4.69, 9.17) is 4.74 Å². The van der Waals surface area contributed by atoms with Crippen LogP contribution in [0, 0.1) is 5.92 Å². The van der Waals surface area contributed by atoms with Crippen molar-refractivity contribution in [2.75, 3.05) is 19.7 Å². The van der Waals surface area contributed by atoms with Gasteiger partial charge in [-0.1, -0.05) is 18.9 Å². The van der Waals surface area contributed by atoms with Crippen LogP contribution in [0.15, 0.2) is 18.2 Å². The maximum absolute atomic E-state index is 13.1. The molecule has 3 aliphatic rings. The number of hydrogen-bond acceptors (Lipinski definition) is 4. The lowest BCUT2D eigenvalue weighted by Gasteiger charge is -2.26. The molecule has 0 aromatic heterocycles. The first-order chi connectivity index (χ1) is 12.7. The number of fused-ring (bicyclic) bond motifs is 1. The summed E-state index contributed by atoms with van der Waals surface area (Å²) in [7, 11) is 0. The number of ether oxygens (including phenoxy) is 1. The highest BCUT2D eigenvalue weighted by molar-refractivity contribution is 5.89. The van der Waals surface area contributed by atoms with Crippen LogP contribution in [0.25, 0.3) is 0 Å². The average Bonchev–Trinajstić information content (AvgIpc) is 3.25. The molecule has 2 amide bonds. The van der Waals surface area contributed by atoms with Gasteiger partial charge in [0.2, 0.25) is 11.8 Å². The highest BCUT2D eigenvalue weighted by Gasteiger charge is 2.40. The van der Waals surface area contributed by atoms with E-state index >= 15 is 0 Å². The van der Waals surface area contributed by atoms with Crippen molar-refractivity contribution in [3.63, 3.8) is 0 Å². The minimum absolute atomic E-state index is 0.0330. The molecule has 26 heavy (non-hydrogen) atoms. The standard InChI is InChI=1S/C20H26N2O4/c23-13-14-5-6-18-15(9-14)11-21(7-8-26-18)20(25)16-10-19(24)22(12-16)17-3-1-2-4-17/h5-6,9,16-17,23H,1-4,7-8,10-13H2/t16-/m1/s1. The van der Waals surface area contributed by atoms with E-state index in [0.717, 1.165) is 29.7 Å². The normalized spacial score (nSPS) is 23.7. The summed E-state index contributed by atoms with van der Waals surface area (Å²) in [6.07, 6.45) is 4.83. The van der Waals surface area contributed by atoms with Crippen LogP contribution in [0.1, 0.15) is 43.2 Å². The van der Waals surface area contributed by atoms with Crippen LogP contribution in [0.4, 0.5) is 0 Å². The van der Waals surface area contributed by atoms with Crippen molar-refractivity contribution in [2.45, 2.75) is 51.3 Å². The largest absolute Gasteiger partial charge is 0.491 e. The summed E-state index contributed by atoms with van der Waals surface area (Å²) >= 11 is 0. The maximum atomic E-state index is 13.1. The third-order valence-corrected chi connectivity index (χ3v) is 5.87. The number of likely N-dealkylation sites (tertiary alicyclic amines) is 1. The molecule has 1 saturated carbocycles. The molecule has 1 aromatic rings. The quantitative estimate of drug-likeness (QED) is 0.893. The van der Waals surface area contributed by atoms with Crippen LogP contribution in [-0.4, -0.2) is 52.5 Å². The van der Waals surface area contributed by atoms with E-state index in [0.29, 0.717) is 38.7 Å². The Labute approximate surface area is 153 Å². The van der Waals surface area contributed by atoms with Crippen LogP contribution >= 0.6 is 0 Å². The number of rotatable bonds is 3. The Kier molecular flexibility index (Phi) is 4.85. The third-order valence-electron chi connectivity index (χ3n) is 5.87. The third kappa shape index (κ3) is 3.30. The number of aliphatic hydroxyl groups excluding tert-OH is 1. The fraction of sp³-hybridized carbons (Fsp3) is 0.600. The molecule has 2 aliphatic heterocycles. The number of nitrogens with zero attached hydrogens (tertiary/aromatic N) is 2. The van der Waals surface area contributed by atoms with E-state index in [-0.39, 0.29) is 24.3 Å². The van der Waals surface area contributed by atoms with Gasteiger partial charge >= 0.3 is 0 Å². The van der Waals surface area contributed by atoms with Crippen molar-refractivity contribution < 1.29 is 19.4 Å². The highest BCUT2D eigenvalue weighted by Crippen LogP contribution is 2.31. The molecule has 1 atom stereocenters. The van der Waals surface area contributed by atoms with Gasteiger partial charge in [-0.05, 0) is 30.5 Å². The van der Waals surface area contributed by atoms with Crippen molar-refractivity contribution in [1.29, 1.82) is 0 Å². The van der Waals surface area contributed by atoms with E-state index in [1.807, 2.05) is 28.0 Å². The fourth-order valence-corrected chi connectivity index (χ4v) is 4.46. The van der Waals surface area contributed by atoms with Gasteiger partial charge in [0.05, 0.1) is 19.1 Å². The molecular weight excluding hydrogens is 332 g/mol. The zero-order valence-electron chi connectivity index (χ0n) is 15.0. The zero-order valence-corrected chi connectivity index (χ0v) is 15.0. The van der Waals surface area contributed by atoms with Crippen molar-refractivity contribution in [3.8, 4) is 5.75 Å². The molecule has 6 heteroatoms. The lowest BCUT2D eigenvalue weighted by molar-refractivity contribution is -0.136. The Balaban J connectivity index is 1.46. The molecule has 2 fully saturated rings. The smallest absolute Gasteiger partial charge is 0.228 e. The molecule has 2 heterocycles. The van der Waals surface area contributed by atoms with Gasteiger partial charge in [-0.2, -0.15) is 0 Å². The molecule has 1 saturated heterocycles. The molecule has 0 unspecified atom stereocenters. The van der Waals surface area contributed by atoms with Gasteiger partial charge in [-0.25, -0.2) is 0 Å². The zero-order chi connectivity index (χ0) is 18.1. The topological polar surface area (TPSA) is 70.1 Å². The van der Waals surface area contributed by atoms with E-state index in [1.165, 1.54) is 12.8 Å². The van der Waals surface area contributed by atoms with Crippen molar-refractivity contribution in [2.24, 2.45) is 5.92 Å². The summed E-state index contributed by atoms with van der Waals surface area (Å²) in [5.74, 6) is 0.701. The molecule has 1 aromatic carbocycles. The van der Waals surface area contributed by atoms with Gasteiger partial charge in [0.25, 0.3) is 0 Å². The van der Waals surface area contributed by atoms with Gasteiger partial charge < -0.3 is 19.6 Å². The van der Waals surface area contributed by atoms with Gasteiger partial charge in [-0.15, -0.1) is 0 Å². The van der Waals surface area contributed by atoms with E-state index in [2.05, 4.69) is 0 Å². The molecule has 0 bridgehead atoms. The Morgan fingerprint density at radius 3 is 2.85 bits per heavy atom. The molecule has 1 N–H and O–H groups in total.